The molecule has 0 aliphatic heterocycles. The Balaban J connectivity index is 2.33. The van der Waals surface area contributed by atoms with Crippen molar-refractivity contribution >= 4 is 12.0 Å². The maximum atomic E-state index is 11.4. The van der Waals surface area contributed by atoms with Crippen molar-refractivity contribution < 1.29 is 14.7 Å². The fourth-order valence-corrected chi connectivity index (χ4v) is 1.17. The first kappa shape index (κ1) is 13.9. The van der Waals surface area contributed by atoms with Crippen LogP contribution in [0, 0.1) is 0 Å². The summed E-state index contributed by atoms with van der Waals surface area (Å²) in [6.07, 6.45) is 1.31. The third kappa shape index (κ3) is 4.81. The Hall–Kier alpha value is -2.12. The number of carbonyl (C=O) groups is 2. The molecule has 0 saturated heterocycles. The van der Waals surface area contributed by atoms with E-state index in [-0.39, 0.29) is 17.3 Å². The minimum Gasteiger partial charge on any atom is -0.476 e. The van der Waals surface area contributed by atoms with Crippen LogP contribution in [0.2, 0.25) is 0 Å². The third-order valence-electron chi connectivity index (χ3n) is 1.87. The monoisotopic (exact) mass is 255 g/mol. The highest BCUT2D eigenvalue weighted by atomic mass is 16.4. The average molecular weight is 255 g/mol. The lowest BCUT2D eigenvalue weighted by molar-refractivity contribution is 0.0690. The van der Waals surface area contributed by atoms with Gasteiger partial charge in [0, 0.05) is 12.1 Å². The van der Waals surface area contributed by atoms with E-state index in [1.165, 1.54) is 10.9 Å². The van der Waals surface area contributed by atoms with Crippen molar-refractivity contribution in [2.45, 2.75) is 32.9 Å². The maximum absolute atomic E-state index is 11.4. The number of aromatic nitrogens is 3. The summed E-state index contributed by atoms with van der Waals surface area (Å²) in [7, 11) is 0. The van der Waals surface area contributed by atoms with Crippen LogP contribution in [0.15, 0.2) is 6.20 Å². The molecule has 1 aromatic rings. The molecule has 0 unspecified atom stereocenters. The average Bonchev–Trinajstić information content (AvgIpc) is 2.63. The van der Waals surface area contributed by atoms with Gasteiger partial charge in [0.15, 0.2) is 5.69 Å². The van der Waals surface area contributed by atoms with Gasteiger partial charge in [-0.05, 0) is 20.8 Å². The van der Waals surface area contributed by atoms with Crippen molar-refractivity contribution in [3.05, 3.63) is 11.9 Å². The zero-order valence-electron chi connectivity index (χ0n) is 10.6. The van der Waals surface area contributed by atoms with Crippen molar-refractivity contribution in [3.63, 3.8) is 0 Å². The van der Waals surface area contributed by atoms with E-state index in [2.05, 4.69) is 20.9 Å². The first-order chi connectivity index (χ1) is 8.28. The lowest BCUT2D eigenvalue weighted by atomic mass is 10.1. The molecule has 0 aliphatic rings. The number of hydrogen-bond acceptors (Lipinski definition) is 4. The number of amides is 2. The summed E-state index contributed by atoms with van der Waals surface area (Å²) in [6.45, 7) is 6.33. The Kier molecular flexibility index (Phi) is 4.24. The number of nitrogens with one attached hydrogen (secondary N) is 2. The van der Waals surface area contributed by atoms with Gasteiger partial charge >= 0.3 is 12.0 Å². The lowest BCUT2D eigenvalue weighted by Crippen LogP contribution is -2.47. The smallest absolute Gasteiger partial charge is 0.358 e. The molecule has 1 aromatic heterocycles. The van der Waals surface area contributed by atoms with Gasteiger partial charge in [0.25, 0.3) is 0 Å². The van der Waals surface area contributed by atoms with E-state index in [0.29, 0.717) is 13.1 Å². The van der Waals surface area contributed by atoms with Crippen LogP contribution < -0.4 is 10.6 Å². The van der Waals surface area contributed by atoms with Gasteiger partial charge in [-0.15, -0.1) is 5.10 Å². The number of hydrogen-bond donors (Lipinski definition) is 3. The Morgan fingerprint density at radius 1 is 1.44 bits per heavy atom. The van der Waals surface area contributed by atoms with Gasteiger partial charge in [0.05, 0.1) is 12.7 Å². The first-order valence-electron chi connectivity index (χ1n) is 5.47. The topological polar surface area (TPSA) is 109 Å². The molecule has 0 aliphatic carbocycles. The molecule has 100 valence electrons. The molecule has 18 heavy (non-hydrogen) atoms. The van der Waals surface area contributed by atoms with E-state index in [4.69, 9.17) is 5.11 Å². The zero-order chi connectivity index (χ0) is 13.8. The Morgan fingerprint density at radius 2 is 2.11 bits per heavy atom. The highest BCUT2D eigenvalue weighted by Crippen LogP contribution is 1.97. The summed E-state index contributed by atoms with van der Waals surface area (Å²) in [4.78, 5) is 22.0. The predicted octanol–water partition coefficient (Wildman–Crippen LogP) is 0.0740. The molecule has 1 rings (SSSR count). The highest BCUT2D eigenvalue weighted by molar-refractivity contribution is 5.84. The van der Waals surface area contributed by atoms with Crippen LogP contribution in [0.25, 0.3) is 0 Å². The van der Waals surface area contributed by atoms with Crippen molar-refractivity contribution in [2.24, 2.45) is 0 Å². The van der Waals surface area contributed by atoms with Crippen molar-refractivity contribution in [3.8, 4) is 0 Å². The lowest BCUT2D eigenvalue weighted by Gasteiger charge is -2.20. The van der Waals surface area contributed by atoms with Crippen molar-refractivity contribution in [1.29, 1.82) is 0 Å². The number of carboxylic acids is 1. The number of rotatable bonds is 4. The second kappa shape index (κ2) is 5.48. The number of urea groups is 1. The summed E-state index contributed by atoms with van der Waals surface area (Å²) < 4.78 is 1.36. The molecule has 1 heterocycles. The summed E-state index contributed by atoms with van der Waals surface area (Å²) in [5, 5.41) is 21.1. The van der Waals surface area contributed by atoms with E-state index in [1.54, 1.807) is 0 Å². The molecule has 3 N–H and O–H groups in total. The second-order valence-electron chi connectivity index (χ2n) is 4.80. The predicted molar refractivity (Wildman–Crippen MR) is 63.3 cm³/mol. The molecule has 8 nitrogen and oxygen atoms in total. The molecule has 0 radical (unpaired) electrons. The summed E-state index contributed by atoms with van der Waals surface area (Å²) in [5.74, 6) is -1.13. The van der Waals surface area contributed by atoms with Gasteiger partial charge in [-0.2, -0.15) is 0 Å². The van der Waals surface area contributed by atoms with Gasteiger partial charge in [-0.1, -0.05) is 5.21 Å². The molecule has 2 amide bonds. The molecule has 0 fully saturated rings. The van der Waals surface area contributed by atoms with Gasteiger partial charge < -0.3 is 15.7 Å². The van der Waals surface area contributed by atoms with Crippen LogP contribution in [0.3, 0.4) is 0 Å². The van der Waals surface area contributed by atoms with Crippen LogP contribution in [0.1, 0.15) is 31.3 Å². The molecule has 0 aromatic carbocycles. The Morgan fingerprint density at radius 3 is 2.61 bits per heavy atom. The van der Waals surface area contributed by atoms with Crippen LogP contribution in [0.5, 0.6) is 0 Å². The van der Waals surface area contributed by atoms with Gasteiger partial charge in [-0.25, -0.2) is 14.3 Å². The quantitative estimate of drug-likeness (QED) is 0.705. The molecule has 8 heteroatoms. The Bertz CT molecular complexity index is 435. The largest absolute Gasteiger partial charge is 0.476 e. The summed E-state index contributed by atoms with van der Waals surface area (Å²) >= 11 is 0. The number of nitrogens with zero attached hydrogens (tertiary/aromatic N) is 3. The molecule has 0 atom stereocenters. The number of carboxylic acid groups (broad SMARTS) is 1. The van der Waals surface area contributed by atoms with Crippen LogP contribution in [-0.4, -0.2) is 44.2 Å². The van der Waals surface area contributed by atoms with Crippen LogP contribution in [0.4, 0.5) is 4.79 Å². The first-order valence-corrected chi connectivity index (χ1v) is 5.47. The third-order valence-corrected chi connectivity index (χ3v) is 1.87. The molecule has 0 saturated carbocycles. The Labute approximate surface area is 104 Å². The van der Waals surface area contributed by atoms with Gasteiger partial charge in [0.1, 0.15) is 0 Å². The standard InChI is InChI=1S/C10H17N5O3/c1-10(2,3)12-9(18)11-4-5-15-6-7(8(16)17)13-14-15/h6H,4-5H2,1-3H3,(H,16,17)(H2,11,12,18). The number of carbonyl (C=O) groups excluding carboxylic acids is 1. The minimum atomic E-state index is -1.13. The molecule has 0 bridgehead atoms. The van der Waals surface area contributed by atoms with Crippen LogP contribution in [-0.2, 0) is 6.54 Å². The van der Waals surface area contributed by atoms with E-state index in [0.717, 1.165) is 0 Å². The van der Waals surface area contributed by atoms with Gasteiger partial charge in [-0.3, -0.25) is 0 Å². The van der Waals surface area contributed by atoms with E-state index < -0.39 is 5.97 Å². The summed E-state index contributed by atoms with van der Waals surface area (Å²) in [5.41, 5.74) is -0.414. The van der Waals surface area contributed by atoms with E-state index >= 15 is 0 Å². The van der Waals surface area contributed by atoms with Crippen molar-refractivity contribution in [1.82, 2.24) is 25.6 Å². The zero-order valence-corrected chi connectivity index (χ0v) is 10.6. The minimum absolute atomic E-state index is 0.117. The molecule has 0 spiro atoms. The normalized spacial score (nSPS) is 11.1. The summed E-state index contributed by atoms with van der Waals surface area (Å²) in [6, 6.07) is -0.277. The van der Waals surface area contributed by atoms with Crippen LogP contribution >= 0.6 is 0 Å². The fourth-order valence-electron chi connectivity index (χ4n) is 1.17. The fraction of sp³-hybridized carbons (Fsp3) is 0.600. The van der Waals surface area contributed by atoms with Crippen molar-refractivity contribution in [2.75, 3.05) is 6.54 Å². The SMILES string of the molecule is CC(C)(C)NC(=O)NCCn1cc(C(=O)O)nn1. The second-order valence-corrected chi connectivity index (χ2v) is 4.80. The number of aromatic carboxylic acids is 1. The molecular weight excluding hydrogens is 238 g/mol. The van der Waals surface area contributed by atoms with Gasteiger partial charge in [0.2, 0.25) is 0 Å². The maximum Gasteiger partial charge on any atom is 0.358 e. The molecular formula is C10H17N5O3. The van der Waals surface area contributed by atoms with E-state index in [9.17, 15) is 9.59 Å². The highest BCUT2D eigenvalue weighted by Gasteiger charge is 2.13. The van der Waals surface area contributed by atoms with E-state index in [1.807, 2.05) is 20.8 Å².